The Balaban J connectivity index is 1.70. The lowest BCUT2D eigenvalue weighted by Crippen LogP contribution is -2.28. The fourth-order valence-electron chi connectivity index (χ4n) is 2.25. The summed E-state index contributed by atoms with van der Waals surface area (Å²) in [6.07, 6.45) is 3.45. The van der Waals surface area contributed by atoms with E-state index in [1.807, 2.05) is 24.3 Å². The average molecular weight is 346 g/mol. The monoisotopic (exact) mass is 345 g/mol. The van der Waals surface area contributed by atoms with Gasteiger partial charge in [-0.3, -0.25) is 4.98 Å². The number of carbonyl (C=O) groups excluding carboxylic acids is 1. The third-order valence-electron chi connectivity index (χ3n) is 3.38. The second-order valence-electron chi connectivity index (χ2n) is 4.95. The summed E-state index contributed by atoms with van der Waals surface area (Å²) >= 11 is 12.0. The zero-order valence-electron chi connectivity index (χ0n) is 12.0. The van der Waals surface area contributed by atoms with Crippen LogP contribution in [0.1, 0.15) is 5.56 Å². The number of carbonyl (C=O) groups is 1. The van der Waals surface area contributed by atoms with Crippen LogP contribution in [-0.2, 0) is 6.54 Å². The Morgan fingerprint density at radius 3 is 2.87 bits per heavy atom. The van der Waals surface area contributed by atoms with E-state index in [-0.39, 0.29) is 12.6 Å². The molecule has 0 atom stereocenters. The van der Waals surface area contributed by atoms with Crippen molar-refractivity contribution in [3.05, 3.63) is 70.5 Å². The van der Waals surface area contributed by atoms with Crippen LogP contribution in [-0.4, -0.2) is 11.0 Å². The zero-order chi connectivity index (χ0) is 16.2. The predicted molar refractivity (Wildman–Crippen MR) is 94.1 cm³/mol. The van der Waals surface area contributed by atoms with Crippen LogP contribution in [0.3, 0.4) is 0 Å². The molecular formula is C17H13Cl2N3O. The van der Waals surface area contributed by atoms with Crippen molar-refractivity contribution in [2.75, 3.05) is 5.32 Å². The highest BCUT2D eigenvalue weighted by molar-refractivity contribution is 6.33. The zero-order valence-corrected chi connectivity index (χ0v) is 13.5. The summed E-state index contributed by atoms with van der Waals surface area (Å²) in [5.74, 6) is 0. The predicted octanol–water partition coefficient (Wildman–Crippen LogP) is 4.86. The van der Waals surface area contributed by atoms with Crippen LogP contribution in [0.2, 0.25) is 10.0 Å². The Bertz CT molecular complexity index is 862. The third-order valence-corrected chi connectivity index (χ3v) is 3.98. The highest BCUT2D eigenvalue weighted by atomic mass is 35.5. The molecule has 0 aliphatic carbocycles. The maximum Gasteiger partial charge on any atom is 0.319 e. The molecule has 116 valence electrons. The minimum atomic E-state index is -0.314. The quantitative estimate of drug-likeness (QED) is 0.711. The molecule has 6 heteroatoms. The lowest BCUT2D eigenvalue weighted by atomic mass is 10.1. The lowest BCUT2D eigenvalue weighted by Gasteiger charge is -2.11. The first-order chi connectivity index (χ1) is 11.1. The Labute approximate surface area is 143 Å². The van der Waals surface area contributed by atoms with Crippen LogP contribution in [0.25, 0.3) is 10.8 Å². The van der Waals surface area contributed by atoms with E-state index in [0.29, 0.717) is 10.0 Å². The molecule has 23 heavy (non-hydrogen) atoms. The maximum absolute atomic E-state index is 12.1. The Hall–Kier alpha value is -2.30. The van der Waals surface area contributed by atoms with Crippen molar-refractivity contribution < 1.29 is 4.79 Å². The Morgan fingerprint density at radius 1 is 1.13 bits per heavy atom. The summed E-state index contributed by atoms with van der Waals surface area (Å²) in [6, 6.07) is 12.3. The van der Waals surface area contributed by atoms with Crippen LogP contribution < -0.4 is 10.6 Å². The number of benzene rings is 2. The lowest BCUT2D eigenvalue weighted by molar-refractivity contribution is 0.252. The van der Waals surface area contributed by atoms with E-state index >= 15 is 0 Å². The van der Waals surface area contributed by atoms with Gasteiger partial charge in [0.25, 0.3) is 0 Å². The molecule has 0 unspecified atom stereocenters. The van der Waals surface area contributed by atoms with Gasteiger partial charge < -0.3 is 10.6 Å². The second kappa shape index (κ2) is 6.86. The van der Waals surface area contributed by atoms with E-state index in [1.54, 1.807) is 30.6 Å². The minimum absolute atomic E-state index is 0.289. The smallest absolute Gasteiger partial charge is 0.319 e. The molecule has 0 bridgehead atoms. The van der Waals surface area contributed by atoms with Crippen molar-refractivity contribution in [3.63, 3.8) is 0 Å². The second-order valence-corrected chi connectivity index (χ2v) is 5.79. The summed E-state index contributed by atoms with van der Waals surface area (Å²) in [5.41, 5.74) is 1.48. The molecule has 0 saturated heterocycles. The number of aromatic nitrogens is 1. The number of hydrogen-bond acceptors (Lipinski definition) is 2. The molecule has 2 amide bonds. The third kappa shape index (κ3) is 3.73. The first-order valence-electron chi connectivity index (χ1n) is 6.95. The maximum atomic E-state index is 12.1. The first-order valence-corrected chi connectivity index (χ1v) is 7.70. The molecule has 2 aromatic carbocycles. The van der Waals surface area contributed by atoms with E-state index in [2.05, 4.69) is 15.6 Å². The summed E-state index contributed by atoms with van der Waals surface area (Å²) in [6.45, 7) is 0.289. The fraction of sp³-hybridized carbons (Fsp3) is 0.0588. The number of nitrogens with zero attached hydrogens (tertiary/aromatic N) is 1. The van der Waals surface area contributed by atoms with Crippen molar-refractivity contribution in [3.8, 4) is 0 Å². The van der Waals surface area contributed by atoms with Crippen LogP contribution in [0.5, 0.6) is 0 Å². The van der Waals surface area contributed by atoms with Gasteiger partial charge in [0.15, 0.2) is 0 Å². The standard InChI is InChI=1S/C17H13Cl2N3O/c18-13-4-5-15(19)12(8-13)10-21-17(23)22-16-3-1-2-11-9-20-7-6-14(11)16/h1-9H,10H2,(H2,21,22,23). The average Bonchev–Trinajstić information content (AvgIpc) is 2.56. The summed E-state index contributed by atoms with van der Waals surface area (Å²) < 4.78 is 0. The van der Waals surface area contributed by atoms with Crippen LogP contribution in [0.15, 0.2) is 54.9 Å². The van der Waals surface area contributed by atoms with E-state index in [1.165, 1.54) is 0 Å². The fourth-order valence-corrected chi connectivity index (χ4v) is 2.63. The number of nitrogens with one attached hydrogen (secondary N) is 2. The summed E-state index contributed by atoms with van der Waals surface area (Å²) in [5, 5.41) is 8.64. The normalized spacial score (nSPS) is 10.5. The highest BCUT2D eigenvalue weighted by Gasteiger charge is 2.07. The molecule has 3 rings (SSSR count). The van der Waals surface area contributed by atoms with Gasteiger partial charge in [0.1, 0.15) is 0 Å². The molecule has 1 heterocycles. The van der Waals surface area contributed by atoms with Crippen LogP contribution in [0.4, 0.5) is 10.5 Å². The van der Waals surface area contributed by atoms with Gasteiger partial charge in [-0.05, 0) is 35.9 Å². The van der Waals surface area contributed by atoms with Gasteiger partial charge in [0, 0.05) is 39.8 Å². The molecule has 0 spiro atoms. The van der Waals surface area contributed by atoms with Crippen LogP contribution >= 0.6 is 23.2 Å². The molecule has 3 aromatic rings. The van der Waals surface area contributed by atoms with Crippen molar-refractivity contribution in [1.29, 1.82) is 0 Å². The minimum Gasteiger partial charge on any atom is -0.334 e. The molecule has 2 N–H and O–H groups in total. The largest absolute Gasteiger partial charge is 0.334 e. The van der Waals surface area contributed by atoms with Gasteiger partial charge in [0.05, 0.1) is 5.69 Å². The van der Waals surface area contributed by atoms with E-state index < -0.39 is 0 Å². The van der Waals surface area contributed by atoms with Crippen LogP contribution in [0, 0.1) is 0 Å². The number of rotatable bonds is 3. The number of fused-ring (bicyclic) bond motifs is 1. The number of halogens is 2. The van der Waals surface area contributed by atoms with E-state index in [4.69, 9.17) is 23.2 Å². The number of amides is 2. The van der Waals surface area contributed by atoms with E-state index in [9.17, 15) is 4.79 Å². The Kier molecular flexibility index (Phi) is 4.65. The number of pyridine rings is 1. The Morgan fingerprint density at radius 2 is 2.00 bits per heavy atom. The molecule has 4 nitrogen and oxygen atoms in total. The van der Waals surface area contributed by atoms with Gasteiger partial charge in [-0.2, -0.15) is 0 Å². The van der Waals surface area contributed by atoms with Crippen molar-refractivity contribution in [2.45, 2.75) is 6.54 Å². The van der Waals surface area contributed by atoms with Gasteiger partial charge in [-0.15, -0.1) is 0 Å². The molecule has 0 aliphatic rings. The number of urea groups is 1. The first kappa shape index (κ1) is 15.6. The molecular weight excluding hydrogens is 333 g/mol. The highest BCUT2D eigenvalue weighted by Crippen LogP contribution is 2.22. The molecule has 0 aliphatic heterocycles. The van der Waals surface area contributed by atoms with Gasteiger partial charge in [0.2, 0.25) is 0 Å². The van der Waals surface area contributed by atoms with Crippen molar-refractivity contribution in [1.82, 2.24) is 10.3 Å². The van der Waals surface area contributed by atoms with Gasteiger partial charge in [-0.1, -0.05) is 35.3 Å². The summed E-state index contributed by atoms with van der Waals surface area (Å²) in [4.78, 5) is 16.2. The van der Waals surface area contributed by atoms with Gasteiger partial charge in [-0.25, -0.2) is 4.79 Å². The van der Waals surface area contributed by atoms with Crippen molar-refractivity contribution >= 4 is 45.7 Å². The van der Waals surface area contributed by atoms with Gasteiger partial charge >= 0.3 is 6.03 Å². The molecule has 0 radical (unpaired) electrons. The number of hydrogen-bond donors (Lipinski definition) is 2. The van der Waals surface area contributed by atoms with E-state index in [0.717, 1.165) is 22.0 Å². The molecule has 0 fully saturated rings. The summed E-state index contributed by atoms with van der Waals surface area (Å²) in [7, 11) is 0. The molecule has 0 saturated carbocycles. The molecule has 1 aromatic heterocycles. The SMILES string of the molecule is O=C(NCc1cc(Cl)ccc1Cl)Nc1cccc2cnccc12. The topological polar surface area (TPSA) is 54.0 Å². The number of anilines is 1. The van der Waals surface area contributed by atoms with Crippen molar-refractivity contribution in [2.24, 2.45) is 0 Å².